The summed E-state index contributed by atoms with van der Waals surface area (Å²) in [7, 11) is 0. The molecule has 2 heterocycles. The zero-order valence-electron chi connectivity index (χ0n) is 15.0. The monoisotopic (exact) mass is 372 g/mol. The Morgan fingerprint density at radius 1 is 1.23 bits per heavy atom. The van der Waals surface area contributed by atoms with E-state index in [2.05, 4.69) is 9.97 Å². The van der Waals surface area contributed by atoms with Crippen molar-refractivity contribution in [2.45, 2.75) is 39.3 Å². The van der Waals surface area contributed by atoms with Crippen LogP contribution in [0, 0.1) is 5.92 Å². The molecule has 1 aromatic rings. The van der Waals surface area contributed by atoms with E-state index >= 15 is 0 Å². The number of piperazine rings is 1. The lowest BCUT2D eigenvalue weighted by Gasteiger charge is -2.35. The van der Waals surface area contributed by atoms with Crippen molar-refractivity contribution in [3.05, 3.63) is 17.0 Å². The molecule has 144 valence electrons. The fraction of sp³-hybridized carbons (Fsp3) is 0.706. The normalized spacial score (nSPS) is 20.7. The van der Waals surface area contributed by atoms with Crippen molar-refractivity contribution < 1.29 is 22.7 Å². The fourth-order valence-electron chi connectivity index (χ4n) is 3.45. The van der Waals surface area contributed by atoms with E-state index < -0.39 is 18.0 Å². The van der Waals surface area contributed by atoms with Crippen LogP contribution in [0.1, 0.15) is 37.2 Å². The SMILES string of the molecule is CCOC(=O)N1CCN(c2nc3c(c(C(F)(F)F)n2)CC(C)CC3)CC1. The first-order valence-electron chi connectivity index (χ1n) is 8.93. The van der Waals surface area contributed by atoms with Gasteiger partial charge in [0.2, 0.25) is 5.95 Å². The van der Waals surface area contributed by atoms with Crippen molar-refractivity contribution in [1.82, 2.24) is 14.9 Å². The number of ether oxygens (including phenoxy) is 1. The van der Waals surface area contributed by atoms with Crippen LogP contribution in [0.3, 0.4) is 0 Å². The molecule has 26 heavy (non-hydrogen) atoms. The van der Waals surface area contributed by atoms with E-state index in [1.165, 1.54) is 0 Å². The number of amides is 1. The second-order valence-corrected chi connectivity index (χ2v) is 6.82. The molecular formula is C17H23F3N4O2. The minimum absolute atomic E-state index is 0.106. The fourth-order valence-corrected chi connectivity index (χ4v) is 3.45. The van der Waals surface area contributed by atoms with E-state index in [0.717, 1.165) is 6.42 Å². The van der Waals surface area contributed by atoms with Gasteiger partial charge in [0.1, 0.15) is 0 Å². The molecule has 6 nitrogen and oxygen atoms in total. The number of rotatable bonds is 2. The van der Waals surface area contributed by atoms with Crippen molar-refractivity contribution >= 4 is 12.0 Å². The van der Waals surface area contributed by atoms with Gasteiger partial charge in [-0.1, -0.05) is 6.92 Å². The molecule has 9 heteroatoms. The topological polar surface area (TPSA) is 58.6 Å². The molecule has 0 saturated carbocycles. The number of nitrogens with zero attached hydrogens (tertiary/aromatic N) is 4. The molecule has 1 aromatic heterocycles. The maximum absolute atomic E-state index is 13.5. The van der Waals surface area contributed by atoms with E-state index in [1.807, 2.05) is 6.92 Å². The Kier molecular flexibility index (Phi) is 5.24. The summed E-state index contributed by atoms with van der Waals surface area (Å²) >= 11 is 0. The first kappa shape index (κ1) is 18.7. The molecule has 2 aliphatic rings. The molecule has 0 radical (unpaired) electrons. The molecule has 1 saturated heterocycles. The first-order chi connectivity index (χ1) is 12.3. The summed E-state index contributed by atoms with van der Waals surface area (Å²) < 4.78 is 45.5. The highest BCUT2D eigenvalue weighted by Gasteiger charge is 2.39. The van der Waals surface area contributed by atoms with Crippen LogP contribution >= 0.6 is 0 Å². The highest BCUT2D eigenvalue weighted by Crippen LogP contribution is 2.37. The quantitative estimate of drug-likeness (QED) is 0.799. The number of alkyl halides is 3. The predicted octanol–water partition coefficient (Wildman–Crippen LogP) is 2.90. The van der Waals surface area contributed by atoms with Crippen molar-refractivity contribution in [3.63, 3.8) is 0 Å². The van der Waals surface area contributed by atoms with E-state index in [4.69, 9.17) is 4.74 Å². The number of hydrogen-bond donors (Lipinski definition) is 0. The average Bonchev–Trinajstić information content (AvgIpc) is 2.60. The van der Waals surface area contributed by atoms with E-state index in [-0.39, 0.29) is 17.4 Å². The molecule has 0 aromatic carbocycles. The smallest absolute Gasteiger partial charge is 0.433 e. The van der Waals surface area contributed by atoms with Crippen LogP contribution < -0.4 is 4.90 Å². The molecule has 1 atom stereocenters. The zero-order valence-corrected chi connectivity index (χ0v) is 15.0. The number of carbonyl (C=O) groups is 1. The Morgan fingerprint density at radius 2 is 1.92 bits per heavy atom. The van der Waals surface area contributed by atoms with Gasteiger partial charge >= 0.3 is 12.3 Å². The average molecular weight is 372 g/mol. The Morgan fingerprint density at radius 3 is 2.54 bits per heavy atom. The summed E-state index contributed by atoms with van der Waals surface area (Å²) in [6, 6.07) is 0. The minimum Gasteiger partial charge on any atom is -0.450 e. The van der Waals surface area contributed by atoms with Crippen LogP contribution in [0.25, 0.3) is 0 Å². The van der Waals surface area contributed by atoms with Gasteiger partial charge in [-0.3, -0.25) is 0 Å². The van der Waals surface area contributed by atoms with Crippen LogP contribution in [-0.2, 0) is 23.8 Å². The maximum atomic E-state index is 13.5. The standard InChI is InChI=1S/C17H23F3N4O2/c1-3-26-16(25)24-8-6-23(7-9-24)15-21-13-5-4-11(2)10-12(13)14(22-15)17(18,19)20/h11H,3-10H2,1-2H3. The Balaban J connectivity index is 1.82. The van der Waals surface area contributed by atoms with Gasteiger partial charge in [0.15, 0.2) is 5.69 Å². The third kappa shape index (κ3) is 3.86. The molecule has 1 amide bonds. The van der Waals surface area contributed by atoms with E-state index in [1.54, 1.807) is 16.7 Å². The van der Waals surface area contributed by atoms with Crippen LogP contribution in [0.2, 0.25) is 0 Å². The molecule has 1 unspecified atom stereocenters. The summed E-state index contributed by atoms with van der Waals surface area (Å²) in [4.78, 5) is 23.3. The van der Waals surface area contributed by atoms with Gasteiger partial charge in [0, 0.05) is 37.4 Å². The van der Waals surface area contributed by atoms with Gasteiger partial charge in [0.05, 0.1) is 6.61 Å². The van der Waals surface area contributed by atoms with Crippen molar-refractivity contribution in [2.75, 3.05) is 37.7 Å². The van der Waals surface area contributed by atoms with Gasteiger partial charge in [0.25, 0.3) is 0 Å². The molecule has 1 aliphatic heterocycles. The molecule has 0 N–H and O–H groups in total. The van der Waals surface area contributed by atoms with Gasteiger partial charge in [-0.15, -0.1) is 0 Å². The van der Waals surface area contributed by atoms with Crippen LogP contribution in [0.4, 0.5) is 23.9 Å². The molecule has 1 aliphatic carbocycles. The second kappa shape index (κ2) is 7.28. The Hall–Kier alpha value is -2.06. The first-order valence-corrected chi connectivity index (χ1v) is 8.93. The number of anilines is 1. The number of halogens is 3. The van der Waals surface area contributed by atoms with Crippen LogP contribution in [-0.4, -0.2) is 53.7 Å². The maximum Gasteiger partial charge on any atom is 0.433 e. The summed E-state index contributed by atoms with van der Waals surface area (Å²) in [5.41, 5.74) is -0.0599. The summed E-state index contributed by atoms with van der Waals surface area (Å²) in [6.07, 6.45) is -3.16. The Bertz CT molecular complexity index is 673. The molecule has 3 rings (SSSR count). The third-order valence-corrected chi connectivity index (χ3v) is 4.86. The molecular weight excluding hydrogens is 349 g/mol. The number of aryl methyl sites for hydroxylation is 1. The number of hydrogen-bond acceptors (Lipinski definition) is 5. The Labute approximate surface area is 150 Å². The van der Waals surface area contributed by atoms with Crippen molar-refractivity contribution in [2.24, 2.45) is 5.92 Å². The molecule has 0 spiro atoms. The van der Waals surface area contributed by atoms with Crippen LogP contribution in [0.5, 0.6) is 0 Å². The minimum atomic E-state index is -4.49. The molecule has 0 bridgehead atoms. The highest BCUT2D eigenvalue weighted by atomic mass is 19.4. The van der Waals surface area contributed by atoms with Gasteiger partial charge in [-0.2, -0.15) is 13.2 Å². The van der Waals surface area contributed by atoms with Crippen molar-refractivity contribution in [1.29, 1.82) is 0 Å². The van der Waals surface area contributed by atoms with Crippen LogP contribution in [0.15, 0.2) is 0 Å². The summed E-state index contributed by atoms with van der Waals surface area (Å²) in [6.45, 7) is 5.48. The number of carbonyl (C=O) groups excluding carboxylic acids is 1. The van der Waals surface area contributed by atoms with Gasteiger partial charge in [-0.05, 0) is 32.1 Å². The lowest BCUT2D eigenvalue weighted by molar-refractivity contribution is -0.142. The predicted molar refractivity (Wildman–Crippen MR) is 89.0 cm³/mol. The largest absolute Gasteiger partial charge is 0.450 e. The molecule has 1 fully saturated rings. The third-order valence-electron chi connectivity index (χ3n) is 4.86. The van der Waals surface area contributed by atoms with Crippen molar-refractivity contribution in [3.8, 4) is 0 Å². The second-order valence-electron chi connectivity index (χ2n) is 6.82. The lowest BCUT2D eigenvalue weighted by Crippen LogP contribution is -2.49. The highest BCUT2D eigenvalue weighted by molar-refractivity contribution is 5.68. The van der Waals surface area contributed by atoms with E-state index in [0.29, 0.717) is 51.3 Å². The van der Waals surface area contributed by atoms with Gasteiger partial charge in [-0.25, -0.2) is 14.8 Å². The summed E-state index contributed by atoms with van der Waals surface area (Å²) in [5, 5.41) is 0. The zero-order chi connectivity index (χ0) is 18.9. The lowest BCUT2D eigenvalue weighted by atomic mass is 9.87. The number of fused-ring (bicyclic) bond motifs is 1. The van der Waals surface area contributed by atoms with Gasteiger partial charge < -0.3 is 14.5 Å². The summed E-state index contributed by atoms with van der Waals surface area (Å²) in [5.74, 6) is 0.306. The number of aromatic nitrogens is 2. The van der Waals surface area contributed by atoms with E-state index in [9.17, 15) is 18.0 Å².